The van der Waals surface area contributed by atoms with Crippen LogP contribution in [0.25, 0.3) is 6.08 Å². The molecule has 3 rings (SSSR count). The van der Waals surface area contributed by atoms with Gasteiger partial charge in [-0.25, -0.2) is 0 Å². The number of halogens is 3. The van der Waals surface area contributed by atoms with Gasteiger partial charge in [0, 0.05) is 10.6 Å². The van der Waals surface area contributed by atoms with Crippen molar-refractivity contribution in [2.75, 3.05) is 12.4 Å². The normalized spacial score (nSPS) is 10.9. The molecule has 0 aliphatic heterocycles. The highest BCUT2D eigenvalue weighted by Gasteiger charge is 2.15. The number of amides is 1. The fraction of sp³-hybridized carbons (Fsp3) is 0.0833. The highest BCUT2D eigenvalue weighted by Crippen LogP contribution is 2.32. The van der Waals surface area contributed by atoms with Crippen LogP contribution in [0.2, 0.25) is 15.1 Å². The molecule has 3 aromatic carbocycles. The van der Waals surface area contributed by atoms with Crippen LogP contribution in [-0.2, 0) is 11.4 Å². The first-order chi connectivity index (χ1) is 15.4. The molecule has 0 bridgehead atoms. The fourth-order valence-corrected chi connectivity index (χ4v) is 3.46. The van der Waals surface area contributed by atoms with Crippen molar-refractivity contribution < 1.29 is 14.3 Å². The van der Waals surface area contributed by atoms with E-state index in [4.69, 9.17) is 44.3 Å². The van der Waals surface area contributed by atoms with Crippen LogP contribution in [-0.4, -0.2) is 13.0 Å². The molecule has 1 N–H and O–H groups in total. The Bertz CT molecular complexity index is 1200. The average molecular weight is 488 g/mol. The van der Waals surface area contributed by atoms with E-state index in [0.717, 1.165) is 5.56 Å². The number of carbonyl (C=O) groups excluding carboxylic acids is 1. The number of ether oxygens (including phenoxy) is 2. The molecule has 0 spiro atoms. The quantitative estimate of drug-likeness (QED) is 0.294. The summed E-state index contributed by atoms with van der Waals surface area (Å²) in [6, 6.07) is 19.1. The Morgan fingerprint density at radius 2 is 1.69 bits per heavy atom. The van der Waals surface area contributed by atoms with E-state index in [-0.39, 0.29) is 27.9 Å². The van der Waals surface area contributed by atoms with Crippen LogP contribution >= 0.6 is 34.8 Å². The predicted molar refractivity (Wildman–Crippen MR) is 127 cm³/mol. The van der Waals surface area contributed by atoms with Gasteiger partial charge >= 0.3 is 0 Å². The van der Waals surface area contributed by atoms with E-state index in [0.29, 0.717) is 22.1 Å². The minimum Gasteiger partial charge on any atom is -0.493 e. The van der Waals surface area contributed by atoms with Crippen molar-refractivity contribution >= 4 is 52.5 Å². The van der Waals surface area contributed by atoms with E-state index in [2.05, 4.69) is 5.32 Å². The van der Waals surface area contributed by atoms with Gasteiger partial charge in [0.05, 0.1) is 22.8 Å². The predicted octanol–water partition coefficient (Wildman–Crippen LogP) is 6.78. The maximum Gasteiger partial charge on any atom is 0.266 e. The number of carbonyl (C=O) groups is 1. The smallest absolute Gasteiger partial charge is 0.266 e. The summed E-state index contributed by atoms with van der Waals surface area (Å²) < 4.78 is 11.2. The number of para-hydroxylation sites is 1. The van der Waals surface area contributed by atoms with Gasteiger partial charge in [-0.2, -0.15) is 5.26 Å². The van der Waals surface area contributed by atoms with E-state index < -0.39 is 5.91 Å². The molecule has 0 heterocycles. The van der Waals surface area contributed by atoms with Crippen molar-refractivity contribution in [1.29, 1.82) is 5.26 Å². The van der Waals surface area contributed by atoms with E-state index in [1.165, 1.54) is 13.2 Å². The molecule has 0 saturated carbocycles. The van der Waals surface area contributed by atoms with E-state index in [9.17, 15) is 10.1 Å². The Kier molecular flexibility index (Phi) is 8.02. The molecule has 0 aliphatic rings. The minimum absolute atomic E-state index is 0.136. The van der Waals surface area contributed by atoms with Crippen molar-refractivity contribution in [3.63, 3.8) is 0 Å². The zero-order chi connectivity index (χ0) is 23.1. The Morgan fingerprint density at radius 1 is 1.00 bits per heavy atom. The summed E-state index contributed by atoms with van der Waals surface area (Å²) in [6.45, 7) is 0.222. The molecule has 0 aliphatic carbocycles. The Balaban J connectivity index is 1.84. The molecule has 0 atom stereocenters. The molecular weight excluding hydrogens is 471 g/mol. The van der Waals surface area contributed by atoms with Gasteiger partial charge in [-0.1, -0.05) is 65.1 Å². The summed E-state index contributed by atoms with van der Waals surface area (Å²) in [4.78, 5) is 12.6. The van der Waals surface area contributed by atoms with Gasteiger partial charge in [-0.3, -0.25) is 4.79 Å². The second-order valence-corrected chi connectivity index (χ2v) is 7.73. The zero-order valence-corrected chi connectivity index (χ0v) is 19.1. The Labute approximate surface area is 200 Å². The number of hydrogen-bond acceptors (Lipinski definition) is 4. The maximum atomic E-state index is 12.6. The van der Waals surface area contributed by atoms with Crippen molar-refractivity contribution in [2.24, 2.45) is 0 Å². The second kappa shape index (κ2) is 10.9. The molecule has 8 heteroatoms. The standard InChI is InChI=1S/C24H17Cl3N2O3/c1-31-21-10-9-15(12-22(21)32-14-16-5-2-3-6-18(16)25)11-17(13-28)24(30)29-23-19(26)7-4-8-20(23)27/h2-12H,14H2,1H3,(H,29,30)/b17-11+. The highest BCUT2D eigenvalue weighted by molar-refractivity contribution is 6.40. The molecule has 32 heavy (non-hydrogen) atoms. The van der Waals surface area contributed by atoms with Crippen molar-refractivity contribution in [1.82, 2.24) is 0 Å². The molecule has 5 nitrogen and oxygen atoms in total. The Hall–Kier alpha value is -3.17. The summed E-state index contributed by atoms with van der Waals surface area (Å²) in [7, 11) is 1.52. The first-order valence-corrected chi connectivity index (χ1v) is 10.5. The zero-order valence-electron chi connectivity index (χ0n) is 16.9. The summed E-state index contributed by atoms with van der Waals surface area (Å²) in [5.41, 5.74) is 1.48. The number of rotatable bonds is 7. The van der Waals surface area contributed by atoms with Crippen LogP contribution in [0.4, 0.5) is 5.69 Å². The lowest BCUT2D eigenvalue weighted by Gasteiger charge is -2.12. The number of methoxy groups -OCH3 is 1. The molecular formula is C24H17Cl3N2O3. The third-order valence-electron chi connectivity index (χ3n) is 4.41. The van der Waals surface area contributed by atoms with Gasteiger partial charge in [-0.15, -0.1) is 0 Å². The largest absolute Gasteiger partial charge is 0.493 e. The Morgan fingerprint density at radius 3 is 2.34 bits per heavy atom. The number of nitrogens with one attached hydrogen (secondary N) is 1. The van der Waals surface area contributed by atoms with Crippen molar-refractivity contribution in [2.45, 2.75) is 6.61 Å². The van der Waals surface area contributed by atoms with Gasteiger partial charge < -0.3 is 14.8 Å². The number of hydrogen-bond donors (Lipinski definition) is 1. The highest BCUT2D eigenvalue weighted by atomic mass is 35.5. The summed E-state index contributed by atoms with van der Waals surface area (Å²) >= 11 is 18.4. The molecule has 0 saturated heterocycles. The van der Waals surface area contributed by atoms with Crippen LogP contribution in [0.3, 0.4) is 0 Å². The second-order valence-electron chi connectivity index (χ2n) is 6.51. The van der Waals surface area contributed by atoms with E-state index in [1.54, 1.807) is 42.5 Å². The van der Waals surface area contributed by atoms with Gasteiger partial charge in [0.2, 0.25) is 0 Å². The number of nitrogens with zero attached hydrogens (tertiary/aromatic N) is 1. The maximum absolute atomic E-state index is 12.6. The van der Waals surface area contributed by atoms with E-state index in [1.807, 2.05) is 24.3 Å². The lowest BCUT2D eigenvalue weighted by atomic mass is 10.1. The number of nitriles is 1. The van der Waals surface area contributed by atoms with Crippen molar-refractivity contribution in [3.8, 4) is 17.6 Å². The van der Waals surface area contributed by atoms with Crippen LogP contribution in [0.5, 0.6) is 11.5 Å². The molecule has 3 aromatic rings. The molecule has 0 radical (unpaired) electrons. The fourth-order valence-electron chi connectivity index (χ4n) is 2.78. The average Bonchev–Trinajstić information content (AvgIpc) is 2.79. The molecule has 162 valence electrons. The SMILES string of the molecule is COc1ccc(/C=C(\C#N)C(=O)Nc2c(Cl)cccc2Cl)cc1OCc1ccccc1Cl. The summed E-state index contributed by atoms with van der Waals surface area (Å²) in [6.07, 6.45) is 1.43. The minimum atomic E-state index is -0.642. The lowest BCUT2D eigenvalue weighted by Crippen LogP contribution is -2.14. The van der Waals surface area contributed by atoms with Gasteiger partial charge in [0.25, 0.3) is 5.91 Å². The van der Waals surface area contributed by atoms with Crippen LogP contribution < -0.4 is 14.8 Å². The van der Waals surface area contributed by atoms with Crippen LogP contribution in [0.1, 0.15) is 11.1 Å². The summed E-state index contributed by atoms with van der Waals surface area (Å²) in [5.74, 6) is 0.296. The van der Waals surface area contributed by atoms with Gasteiger partial charge in [0.1, 0.15) is 18.2 Å². The molecule has 1 amide bonds. The van der Waals surface area contributed by atoms with Gasteiger partial charge in [0.15, 0.2) is 11.5 Å². The van der Waals surface area contributed by atoms with Crippen LogP contribution in [0, 0.1) is 11.3 Å². The third-order valence-corrected chi connectivity index (χ3v) is 5.40. The molecule has 0 aromatic heterocycles. The molecule has 0 unspecified atom stereocenters. The molecule has 0 fully saturated rings. The van der Waals surface area contributed by atoms with Crippen molar-refractivity contribution in [3.05, 3.63) is 92.4 Å². The lowest BCUT2D eigenvalue weighted by molar-refractivity contribution is -0.112. The number of benzene rings is 3. The summed E-state index contributed by atoms with van der Waals surface area (Å²) in [5, 5.41) is 13.2. The topological polar surface area (TPSA) is 71.3 Å². The van der Waals surface area contributed by atoms with Gasteiger partial charge in [-0.05, 0) is 42.0 Å². The first-order valence-electron chi connectivity index (χ1n) is 9.34. The van der Waals surface area contributed by atoms with E-state index >= 15 is 0 Å². The third kappa shape index (κ3) is 5.74. The van der Waals surface area contributed by atoms with Crippen LogP contribution in [0.15, 0.2) is 66.2 Å². The number of anilines is 1. The monoisotopic (exact) mass is 486 g/mol. The first kappa shape index (κ1) is 23.5.